The molecule has 0 saturated carbocycles. The van der Waals surface area contributed by atoms with Crippen LogP contribution in [-0.4, -0.2) is 42.9 Å². The lowest BCUT2D eigenvalue weighted by molar-refractivity contribution is -0.119. The van der Waals surface area contributed by atoms with E-state index in [0.717, 1.165) is 0 Å². The molecule has 2 aromatic rings. The molecule has 8 heteroatoms. The molecule has 150 valence electrons. The fraction of sp³-hybridized carbons (Fsp3) is 0.286. The van der Waals surface area contributed by atoms with Crippen LogP contribution in [0.3, 0.4) is 0 Å². The van der Waals surface area contributed by atoms with E-state index in [0.29, 0.717) is 22.4 Å². The minimum atomic E-state index is -0.622. The van der Waals surface area contributed by atoms with Gasteiger partial charge in [-0.25, -0.2) is 9.18 Å². The molecule has 1 saturated heterocycles. The van der Waals surface area contributed by atoms with Gasteiger partial charge in [-0.3, -0.25) is 9.69 Å². The second-order valence-electron chi connectivity index (χ2n) is 6.70. The van der Waals surface area contributed by atoms with Gasteiger partial charge in [0.1, 0.15) is 11.9 Å². The van der Waals surface area contributed by atoms with Crippen molar-refractivity contribution in [2.45, 2.75) is 18.9 Å². The molecule has 2 unspecified atom stereocenters. The number of rotatable bonds is 6. The highest BCUT2D eigenvalue weighted by molar-refractivity contribution is 5.90. The van der Waals surface area contributed by atoms with E-state index in [9.17, 15) is 19.1 Å². The summed E-state index contributed by atoms with van der Waals surface area (Å²) in [7, 11) is 0. The van der Waals surface area contributed by atoms with Crippen molar-refractivity contribution in [3.8, 4) is 17.2 Å². The molecule has 0 aliphatic carbocycles. The number of carbonyl (C=O) groups is 2. The Morgan fingerprint density at radius 1 is 1.38 bits per heavy atom. The number of carbonyl (C=O) groups excluding carboxylic acids is 2. The number of anilines is 1. The van der Waals surface area contributed by atoms with Crippen molar-refractivity contribution in [2.24, 2.45) is 0 Å². The Morgan fingerprint density at radius 3 is 2.69 bits per heavy atom. The fourth-order valence-electron chi connectivity index (χ4n) is 3.12. The van der Waals surface area contributed by atoms with Gasteiger partial charge in [-0.1, -0.05) is 24.3 Å². The summed E-state index contributed by atoms with van der Waals surface area (Å²) < 4.78 is 19.9. The number of nitriles is 1. The first-order chi connectivity index (χ1) is 13.9. The predicted molar refractivity (Wildman–Crippen MR) is 104 cm³/mol. The Bertz CT molecular complexity index is 955. The number of aliphatic hydroxyl groups excluding tert-OH is 1. The highest BCUT2D eigenvalue weighted by Crippen LogP contribution is 2.30. The zero-order valence-corrected chi connectivity index (χ0v) is 15.8. The van der Waals surface area contributed by atoms with Gasteiger partial charge in [0.2, 0.25) is 5.91 Å². The van der Waals surface area contributed by atoms with E-state index >= 15 is 0 Å². The third-order valence-corrected chi connectivity index (χ3v) is 4.68. The molecular formula is C21H20FN3O4. The molecular weight excluding hydrogens is 377 g/mol. The van der Waals surface area contributed by atoms with Gasteiger partial charge in [0.25, 0.3) is 0 Å². The molecule has 0 spiro atoms. The topological polar surface area (TPSA) is 103 Å². The van der Waals surface area contributed by atoms with Crippen LogP contribution in [0.4, 0.5) is 14.9 Å². The number of cyclic esters (lactones) is 1. The van der Waals surface area contributed by atoms with E-state index in [2.05, 4.69) is 5.32 Å². The lowest BCUT2D eigenvalue weighted by Gasteiger charge is -2.15. The van der Waals surface area contributed by atoms with Crippen LogP contribution in [0.5, 0.6) is 0 Å². The van der Waals surface area contributed by atoms with Crippen LogP contribution in [0.15, 0.2) is 42.5 Å². The van der Waals surface area contributed by atoms with Crippen molar-refractivity contribution < 1.29 is 23.8 Å². The quantitative estimate of drug-likeness (QED) is 0.780. The maximum atomic E-state index is 14.7. The number of hydrogen-bond donors (Lipinski definition) is 2. The minimum absolute atomic E-state index is 0.196. The van der Waals surface area contributed by atoms with Crippen molar-refractivity contribution >= 4 is 17.7 Å². The summed E-state index contributed by atoms with van der Waals surface area (Å²) in [5, 5.41) is 20.8. The van der Waals surface area contributed by atoms with E-state index in [-0.39, 0.29) is 25.6 Å². The molecule has 2 N–H and O–H groups in total. The normalized spacial score (nSPS) is 16.8. The second-order valence-corrected chi connectivity index (χ2v) is 6.70. The highest BCUT2D eigenvalue weighted by atomic mass is 19.1. The van der Waals surface area contributed by atoms with Crippen LogP contribution < -0.4 is 10.2 Å². The molecule has 1 aliphatic rings. The summed E-state index contributed by atoms with van der Waals surface area (Å²) in [6.45, 7) is 1.50. The Hall–Kier alpha value is -3.44. The standard InChI is InChI=1S/C21H20FN3O4/c1-13(27)24-10-18-11-25(21(28)29-18)17-6-7-19(20(22)8-17)15-4-2-14(3-5-15)16(9-23)12-26/h2-8,16,18,26H,10-12H2,1H3,(H,24,27). The van der Waals surface area contributed by atoms with Crippen LogP contribution >= 0.6 is 0 Å². The van der Waals surface area contributed by atoms with Gasteiger partial charge < -0.3 is 15.2 Å². The average molecular weight is 397 g/mol. The molecule has 2 atom stereocenters. The second kappa shape index (κ2) is 8.71. The molecule has 1 heterocycles. The summed E-state index contributed by atoms with van der Waals surface area (Å²) in [6, 6.07) is 13.2. The first kappa shape index (κ1) is 20.3. The van der Waals surface area contributed by atoms with Crippen molar-refractivity contribution in [3.05, 3.63) is 53.8 Å². The number of hydrogen-bond acceptors (Lipinski definition) is 5. The monoisotopic (exact) mass is 397 g/mol. The van der Waals surface area contributed by atoms with Crippen molar-refractivity contribution in [3.63, 3.8) is 0 Å². The maximum Gasteiger partial charge on any atom is 0.414 e. The summed E-state index contributed by atoms with van der Waals surface area (Å²) in [5.41, 5.74) is 1.98. The van der Waals surface area contributed by atoms with Gasteiger partial charge in [0.15, 0.2) is 0 Å². The van der Waals surface area contributed by atoms with Crippen LogP contribution in [0.2, 0.25) is 0 Å². The molecule has 1 aliphatic heterocycles. The Kier molecular flexibility index (Phi) is 6.10. The van der Waals surface area contributed by atoms with Crippen LogP contribution in [-0.2, 0) is 9.53 Å². The summed E-state index contributed by atoms with van der Waals surface area (Å²) in [6.07, 6.45) is -1.09. The number of ether oxygens (including phenoxy) is 1. The summed E-state index contributed by atoms with van der Waals surface area (Å²) in [5.74, 6) is -1.35. The van der Waals surface area contributed by atoms with Crippen LogP contribution in [0.1, 0.15) is 18.4 Å². The number of aliphatic hydroxyl groups is 1. The van der Waals surface area contributed by atoms with Crippen molar-refractivity contribution in [1.29, 1.82) is 5.26 Å². The highest BCUT2D eigenvalue weighted by Gasteiger charge is 2.32. The van der Waals surface area contributed by atoms with E-state index < -0.39 is 23.9 Å². The zero-order chi connectivity index (χ0) is 21.0. The Labute approximate surface area is 167 Å². The summed E-state index contributed by atoms with van der Waals surface area (Å²) in [4.78, 5) is 24.4. The molecule has 0 bridgehead atoms. The van der Waals surface area contributed by atoms with E-state index in [4.69, 9.17) is 10.00 Å². The zero-order valence-electron chi connectivity index (χ0n) is 15.8. The first-order valence-corrected chi connectivity index (χ1v) is 9.06. The minimum Gasteiger partial charge on any atom is -0.442 e. The fourth-order valence-corrected chi connectivity index (χ4v) is 3.12. The number of nitrogens with zero attached hydrogens (tertiary/aromatic N) is 2. The van der Waals surface area contributed by atoms with E-state index in [1.165, 1.54) is 17.9 Å². The van der Waals surface area contributed by atoms with Crippen LogP contribution in [0.25, 0.3) is 11.1 Å². The molecule has 2 aromatic carbocycles. The number of nitrogens with one attached hydrogen (secondary N) is 1. The number of benzene rings is 2. The third kappa shape index (κ3) is 4.52. The van der Waals surface area contributed by atoms with E-state index in [1.54, 1.807) is 36.4 Å². The largest absolute Gasteiger partial charge is 0.442 e. The Balaban J connectivity index is 1.76. The SMILES string of the molecule is CC(=O)NCC1CN(c2ccc(-c3ccc(C(C#N)CO)cc3)c(F)c2)C(=O)O1. The van der Waals surface area contributed by atoms with Gasteiger partial charge in [-0.15, -0.1) is 0 Å². The maximum absolute atomic E-state index is 14.7. The molecule has 7 nitrogen and oxygen atoms in total. The molecule has 0 radical (unpaired) electrons. The molecule has 0 aromatic heterocycles. The van der Waals surface area contributed by atoms with Gasteiger partial charge >= 0.3 is 6.09 Å². The first-order valence-electron chi connectivity index (χ1n) is 9.06. The van der Waals surface area contributed by atoms with Crippen LogP contribution in [0, 0.1) is 17.1 Å². The lowest BCUT2D eigenvalue weighted by atomic mass is 9.97. The number of halogens is 1. The predicted octanol–water partition coefficient (Wildman–Crippen LogP) is 2.55. The Morgan fingerprint density at radius 2 is 2.10 bits per heavy atom. The smallest absolute Gasteiger partial charge is 0.414 e. The van der Waals surface area contributed by atoms with E-state index in [1.807, 2.05) is 6.07 Å². The molecule has 3 rings (SSSR count). The third-order valence-electron chi connectivity index (χ3n) is 4.68. The molecule has 29 heavy (non-hydrogen) atoms. The van der Waals surface area contributed by atoms with Crippen molar-refractivity contribution in [2.75, 3.05) is 24.6 Å². The molecule has 1 fully saturated rings. The van der Waals surface area contributed by atoms with Gasteiger partial charge in [0.05, 0.1) is 37.4 Å². The number of amides is 2. The average Bonchev–Trinajstić information content (AvgIpc) is 3.08. The lowest BCUT2D eigenvalue weighted by Crippen LogP contribution is -2.33. The van der Waals surface area contributed by atoms with Gasteiger partial charge in [-0.2, -0.15) is 5.26 Å². The summed E-state index contributed by atoms with van der Waals surface area (Å²) >= 11 is 0. The van der Waals surface area contributed by atoms with Crippen molar-refractivity contribution in [1.82, 2.24) is 5.32 Å². The van der Waals surface area contributed by atoms with Gasteiger partial charge in [-0.05, 0) is 29.3 Å². The molecule has 2 amide bonds. The van der Waals surface area contributed by atoms with Gasteiger partial charge in [0, 0.05) is 12.5 Å².